The van der Waals surface area contributed by atoms with E-state index in [0.717, 1.165) is 5.56 Å². The minimum Gasteiger partial charge on any atom is -0.459 e. The minimum absolute atomic E-state index is 0.146. The largest absolute Gasteiger partial charge is 0.459 e. The van der Waals surface area contributed by atoms with Crippen LogP contribution in [0.2, 0.25) is 0 Å². The molecule has 0 atom stereocenters. The maximum Gasteiger partial charge on any atom is 0.289 e. The maximum atomic E-state index is 12.7. The van der Waals surface area contributed by atoms with Crippen molar-refractivity contribution in [3.05, 3.63) is 53.5 Å². The molecule has 1 aromatic carbocycles. The van der Waals surface area contributed by atoms with Crippen LogP contribution in [0.15, 0.2) is 45.9 Å². The lowest BCUT2D eigenvalue weighted by atomic mass is 10.2. The van der Waals surface area contributed by atoms with Gasteiger partial charge >= 0.3 is 0 Å². The highest BCUT2D eigenvalue weighted by atomic mass is 32.2. The average Bonchev–Trinajstić information content (AvgIpc) is 3.07. The van der Waals surface area contributed by atoms with Gasteiger partial charge in [-0.1, -0.05) is 0 Å². The summed E-state index contributed by atoms with van der Waals surface area (Å²) in [6.07, 6.45) is 1.47. The van der Waals surface area contributed by atoms with Gasteiger partial charge in [-0.05, 0) is 37.3 Å². The lowest BCUT2D eigenvalue weighted by Gasteiger charge is -2.33. The van der Waals surface area contributed by atoms with Gasteiger partial charge in [0.15, 0.2) is 5.76 Å². The highest BCUT2D eigenvalue weighted by Crippen LogP contribution is 2.20. The Hall–Kier alpha value is -2.63. The van der Waals surface area contributed by atoms with Gasteiger partial charge in [0, 0.05) is 31.7 Å². The standard InChI is InChI=1S/C17H17N3O4S/c1-13-6-11-24-16(13)17(21)19-7-9-20(10-8-19)25(22,23)15-4-2-14(12-18)3-5-15/h2-6,11H,7-10H2,1H3. The summed E-state index contributed by atoms with van der Waals surface area (Å²) in [7, 11) is -3.64. The Balaban J connectivity index is 1.70. The Labute approximate surface area is 146 Å². The number of nitriles is 1. The molecule has 1 fully saturated rings. The molecule has 2 heterocycles. The van der Waals surface area contributed by atoms with Crippen LogP contribution in [0.25, 0.3) is 0 Å². The SMILES string of the molecule is Cc1ccoc1C(=O)N1CCN(S(=O)(=O)c2ccc(C#N)cc2)CC1. The second-order valence-corrected chi connectivity index (χ2v) is 7.70. The van der Waals surface area contributed by atoms with Gasteiger partial charge in [-0.25, -0.2) is 8.42 Å². The molecule has 25 heavy (non-hydrogen) atoms. The Morgan fingerprint density at radius 2 is 1.76 bits per heavy atom. The van der Waals surface area contributed by atoms with Gasteiger partial charge in [0.2, 0.25) is 10.0 Å². The molecule has 1 aliphatic rings. The Kier molecular flexibility index (Phi) is 4.61. The molecule has 130 valence electrons. The first-order valence-corrected chi connectivity index (χ1v) is 9.21. The van der Waals surface area contributed by atoms with Gasteiger partial charge < -0.3 is 9.32 Å². The first-order chi connectivity index (χ1) is 11.9. The van der Waals surface area contributed by atoms with Gasteiger partial charge in [-0.3, -0.25) is 4.79 Å². The van der Waals surface area contributed by atoms with Crippen LogP contribution in [-0.4, -0.2) is 49.7 Å². The van der Waals surface area contributed by atoms with E-state index < -0.39 is 10.0 Å². The Morgan fingerprint density at radius 1 is 1.12 bits per heavy atom. The van der Waals surface area contributed by atoms with Crippen molar-refractivity contribution in [2.24, 2.45) is 0 Å². The summed E-state index contributed by atoms with van der Waals surface area (Å²) in [4.78, 5) is 14.2. The van der Waals surface area contributed by atoms with Gasteiger partial charge in [-0.2, -0.15) is 9.57 Å². The third-order valence-corrected chi connectivity index (χ3v) is 6.12. The van der Waals surface area contributed by atoms with Crippen molar-refractivity contribution in [1.82, 2.24) is 9.21 Å². The average molecular weight is 359 g/mol. The summed E-state index contributed by atoms with van der Waals surface area (Å²) in [5.74, 6) is 0.0707. The van der Waals surface area contributed by atoms with E-state index in [4.69, 9.17) is 9.68 Å². The fraction of sp³-hybridized carbons (Fsp3) is 0.294. The molecule has 1 amide bonds. The van der Waals surface area contributed by atoms with E-state index in [1.54, 1.807) is 17.9 Å². The fourth-order valence-electron chi connectivity index (χ4n) is 2.72. The summed E-state index contributed by atoms with van der Waals surface area (Å²) in [5, 5.41) is 8.80. The number of aryl methyl sites for hydroxylation is 1. The lowest BCUT2D eigenvalue weighted by molar-refractivity contribution is 0.0665. The molecule has 0 radical (unpaired) electrons. The fourth-order valence-corrected chi connectivity index (χ4v) is 4.14. The first-order valence-electron chi connectivity index (χ1n) is 7.77. The topological polar surface area (TPSA) is 94.6 Å². The molecule has 0 N–H and O–H groups in total. The molecule has 8 heteroatoms. The van der Waals surface area contributed by atoms with Crippen LogP contribution in [0.1, 0.15) is 21.7 Å². The zero-order chi connectivity index (χ0) is 18.0. The van der Waals surface area contributed by atoms with Crippen molar-refractivity contribution in [3.8, 4) is 6.07 Å². The van der Waals surface area contributed by atoms with E-state index in [0.29, 0.717) is 24.4 Å². The first kappa shape index (κ1) is 17.2. The number of rotatable bonds is 3. The lowest BCUT2D eigenvalue weighted by Crippen LogP contribution is -2.50. The van der Waals surface area contributed by atoms with E-state index in [1.807, 2.05) is 6.07 Å². The third-order valence-electron chi connectivity index (χ3n) is 4.20. The van der Waals surface area contributed by atoms with E-state index in [2.05, 4.69) is 0 Å². The zero-order valence-electron chi connectivity index (χ0n) is 13.7. The van der Waals surface area contributed by atoms with Crippen molar-refractivity contribution >= 4 is 15.9 Å². The molecule has 3 rings (SSSR count). The number of amides is 1. The van der Waals surface area contributed by atoms with Crippen molar-refractivity contribution in [1.29, 1.82) is 5.26 Å². The van der Waals surface area contributed by atoms with Crippen LogP contribution >= 0.6 is 0 Å². The summed E-state index contributed by atoms with van der Waals surface area (Å²) in [5.41, 5.74) is 1.17. The minimum atomic E-state index is -3.64. The maximum absolute atomic E-state index is 12.7. The van der Waals surface area contributed by atoms with Crippen LogP contribution in [0.4, 0.5) is 0 Å². The molecule has 2 aromatic rings. The summed E-state index contributed by atoms with van der Waals surface area (Å²) >= 11 is 0. The quantitative estimate of drug-likeness (QED) is 0.830. The highest BCUT2D eigenvalue weighted by Gasteiger charge is 2.31. The van der Waals surface area contributed by atoms with Crippen LogP contribution in [-0.2, 0) is 10.0 Å². The van der Waals surface area contributed by atoms with Crippen molar-refractivity contribution < 1.29 is 17.6 Å². The van der Waals surface area contributed by atoms with E-state index in [1.165, 1.54) is 34.8 Å². The number of hydrogen-bond acceptors (Lipinski definition) is 5. The number of hydrogen-bond donors (Lipinski definition) is 0. The second-order valence-electron chi connectivity index (χ2n) is 5.77. The van der Waals surface area contributed by atoms with E-state index >= 15 is 0 Å². The van der Waals surface area contributed by atoms with E-state index in [-0.39, 0.29) is 23.9 Å². The Morgan fingerprint density at radius 3 is 2.28 bits per heavy atom. The van der Waals surface area contributed by atoms with Crippen molar-refractivity contribution in [2.45, 2.75) is 11.8 Å². The van der Waals surface area contributed by atoms with Crippen LogP contribution < -0.4 is 0 Å². The number of carbonyl (C=O) groups excluding carboxylic acids is 1. The number of benzene rings is 1. The monoisotopic (exact) mass is 359 g/mol. The number of nitrogens with zero attached hydrogens (tertiary/aromatic N) is 3. The molecular formula is C17H17N3O4S. The molecule has 7 nitrogen and oxygen atoms in total. The molecule has 1 saturated heterocycles. The smallest absolute Gasteiger partial charge is 0.289 e. The number of furan rings is 1. The van der Waals surface area contributed by atoms with Crippen LogP contribution in [0.5, 0.6) is 0 Å². The van der Waals surface area contributed by atoms with Crippen LogP contribution in [0.3, 0.4) is 0 Å². The molecule has 1 aliphatic heterocycles. The second kappa shape index (κ2) is 6.70. The van der Waals surface area contributed by atoms with Gasteiger partial charge in [0.05, 0.1) is 22.8 Å². The molecule has 1 aromatic heterocycles. The summed E-state index contributed by atoms with van der Waals surface area (Å²) in [6, 6.07) is 9.49. The summed E-state index contributed by atoms with van der Waals surface area (Å²) < 4.78 is 31.9. The van der Waals surface area contributed by atoms with Gasteiger partial charge in [-0.15, -0.1) is 0 Å². The Bertz CT molecular complexity index is 918. The normalized spacial score (nSPS) is 15.8. The highest BCUT2D eigenvalue weighted by molar-refractivity contribution is 7.89. The molecule has 0 unspecified atom stereocenters. The zero-order valence-corrected chi connectivity index (χ0v) is 14.5. The molecule has 0 saturated carbocycles. The molecular weight excluding hydrogens is 342 g/mol. The summed E-state index contributed by atoms with van der Waals surface area (Å²) in [6.45, 7) is 2.83. The predicted molar refractivity (Wildman–Crippen MR) is 89.3 cm³/mol. The van der Waals surface area contributed by atoms with Crippen LogP contribution in [0, 0.1) is 18.3 Å². The number of piperazine rings is 1. The van der Waals surface area contributed by atoms with Crippen molar-refractivity contribution in [3.63, 3.8) is 0 Å². The molecule has 0 bridgehead atoms. The number of carbonyl (C=O) groups is 1. The predicted octanol–water partition coefficient (Wildman–Crippen LogP) is 1.61. The molecule has 0 aliphatic carbocycles. The number of sulfonamides is 1. The van der Waals surface area contributed by atoms with Gasteiger partial charge in [0.1, 0.15) is 0 Å². The third kappa shape index (κ3) is 3.29. The van der Waals surface area contributed by atoms with Gasteiger partial charge in [0.25, 0.3) is 5.91 Å². The molecule has 0 spiro atoms. The van der Waals surface area contributed by atoms with Crippen molar-refractivity contribution in [2.75, 3.05) is 26.2 Å². The van der Waals surface area contributed by atoms with E-state index in [9.17, 15) is 13.2 Å².